The molecule has 1 aliphatic rings. The number of nitrogens with one attached hydrogen (secondary N) is 4. The topological polar surface area (TPSA) is 141 Å². The number of hydroxylamine groups is 2. The average Bonchev–Trinajstić information content (AvgIpc) is 3.92. The van der Waals surface area contributed by atoms with E-state index < -0.39 is 87.0 Å². The highest BCUT2D eigenvalue weighted by atomic mass is 127. The predicted molar refractivity (Wildman–Crippen MR) is 205 cm³/mol. The number of amides is 2. The molecule has 0 heterocycles. The molecule has 10 nitrogen and oxygen atoms in total. The van der Waals surface area contributed by atoms with E-state index in [0.29, 0.717) is 25.0 Å². The molecule has 5 rings (SSSR count). The summed E-state index contributed by atoms with van der Waals surface area (Å²) in [5.41, 5.74) is 0.125. The maximum absolute atomic E-state index is 14.3. The molecule has 0 saturated heterocycles. The summed E-state index contributed by atoms with van der Waals surface area (Å²) in [6, 6.07) is 10.5. The van der Waals surface area contributed by atoms with Gasteiger partial charge >= 0.3 is 0 Å². The van der Waals surface area contributed by atoms with Gasteiger partial charge in [0.25, 0.3) is 11.8 Å². The molecule has 6 N–H and O–H groups in total. The monoisotopic (exact) mass is 1030 g/mol. The molecule has 1 fully saturated rings. The van der Waals surface area contributed by atoms with Crippen LogP contribution >= 0.6 is 68.4 Å². The van der Waals surface area contributed by atoms with Crippen molar-refractivity contribution in [1.82, 2.24) is 11.0 Å². The van der Waals surface area contributed by atoms with Crippen molar-refractivity contribution in [3.05, 3.63) is 112 Å². The molecular weight excluding hydrogens is 999 g/mol. The number of aliphatic hydroxyl groups excluding tert-OH is 2. The van der Waals surface area contributed by atoms with Crippen molar-refractivity contribution < 1.29 is 55.8 Å². The van der Waals surface area contributed by atoms with E-state index in [9.17, 15) is 41.0 Å². The predicted octanol–water partition coefficient (Wildman–Crippen LogP) is 8.83. The zero-order valence-electron chi connectivity index (χ0n) is 27.8. The Morgan fingerprint density at radius 1 is 0.741 bits per heavy atom. The molecule has 0 bridgehead atoms. The first-order valence-electron chi connectivity index (χ1n) is 15.3. The van der Waals surface area contributed by atoms with Crippen LogP contribution in [0.5, 0.6) is 0 Å². The van der Waals surface area contributed by atoms with E-state index in [1.165, 1.54) is 26.0 Å². The van der Waals surface area contributed by atoms with E-state index in [0.717, 1.165) is 7.14 Å². The van der Waals surface area contributed by atoms with Gasteiger partial charge in [0.2, 0.25) is 0 Å². The van der Waals surface area contributed by atoms with E-state index in [2.05, 4.69) is 10.6 Å². The number of hydrogen-bond acceptors (Lipinski definition) is 8. The SMILES string of the molecule is CC(C)(CO)ONC(=O)c1cc(F)c(F)c(F)c1Nc1ccc(I)cc1Cl.O=C(NOC1(CO)CC1)c1cc(F)c(F)c(F)c1Nc1ccc(I)cc1Cl. The molecule has 4 aromatic carbocycles. The van der Waals surface area contributed by atoms with Gasteiger partial charge in [-0.25, -0.2) is 37.3 Å². The van der Waals surface area contributed by atoms with Gasteiger partial charge in [-0.3, -0.25) is 19.3 Å². The largest absolute Gasteiger partial charge is 0.393 e. The summed E-state index contributed by atoms with van der Waals surface area (Å²) in [5.74, 6) is -11.7. The third-order valence-corrected chi connectivity index (χ3v) is 9.42. The third kappa shape index (κ3) is 10.8. The number of carbonyl (C=O) groups is 2. The zero-order valence-corrected chi connectivity index (χ0v) is 33.6. The summed E-state index contributed by atoms with van der Waals surface area (Å²) in [6.45, 7) is 2.21. The number of benzene rings is 4. The van der Waals surface area contributed by atoms with Crippen LogP contribution in [0.1, 0.15) is 47.4 Å². The van der Waals surface area contributed by atoms with Crippen LogP contribution in [0.2, 0.25) is 10.0 Å². The van der Waals surface area contributed by atoms with Crippen LogP contribution in [-0.2, 0) is 9.68 Å². The molecule has 290 valence electrons. The summed E-state index contributed by atoms with van der Waals surface area (Å²) in [5, 5.41) is 23.8. The molecule has 0 aliphatic heterocycles. The van der Waals surface area contributed by atoms with E-state index in [4.69, 9.17) is 38.0 Å². The molecule has 0 aromatic heterocycles. The number of hydrogen-bond donors (Lipinski definition) is 6. The fourth-order valence-corrected chi connectivity index (χ4v) is 5.96. The molecule has 1 aliphatic carbocycles. The first-order chi connectivity index (χ1) is 25.3. The van der Waals surface area contributed by atoms with Gasteiger partial charge in [-0.1, -0.05) is 23.2 Å². The Hall–Kier alpha value is -3.12. The highest BCUT2D eigenvalue weighted by Gasteiger charge is 2.45. The van der Waals surface area contributed by atoms with Gasteiger partial charge in [0.1, 0.15) is 11.2 Å². The van der Waals surface area contributed by atoms with Crippen LogP contribution in [0.25, 0.3) is 0 Å². The Bertz CT molecular complexity index is 1950. The lowest BCUT2D eigenvalue weighted by atomic mass is 10.1. The number of carbonyl (C=O) groups excluding carboxylic acids is 2. The highest BCUT2D eigenvalue weighted by Crippen LogP contribution is 2.38. The summed E-state index contributed by atoms with van der Waals surface area (Å²) in [6.07, 6.45) is 1.05. The van der Waals surface area contributed by atoms with Crippen molar-refractivity contribution in [3.8, 4) is 0 Å². The second kappa shape index (κ2) is 18.2. The second-order valence-electron chi connectivity index (χ2n) is 12.1. The fourth-order valence-electron chi connectivity index (χ4n) is 4.16. The Balaban J connectivity index is 0.000000241. The van der Waals surface area contributed by atoms with Gasteiger partial charge in [-0.2, -0.15) is 0 Å². The average molecular weight is 1030 g/mol. The molecule has 0 spiro atoms. The number of halogens is 10. The maximum Gasteiger partial charge on any atom is 0.277 e. The Morgan fingerprint density at radius 2 is 1.17 bits per heavy atom. The molecule has 54 heavy (non-hydrogen) atoms. The molecular formula is C34H28Cl2F6I2N4O6. The van der Waals surface area contributed by atoms with Crippen LogP contribution < -0.4 is 21.6 Å². The van der Waals surface area contributed by atoms with E-state index >= 15 is 0 Å². The number of aliphatic hydroxyl groups is 2. The van der Waals surface area contributed by atoms with Crippen LogP contribution in [0.4, 0.5) is 49.1 Å². The van der Waals surface area contributed by atoms with Gasteiger partial charge in [0, 0.05) is 7.14 Å². The molecule has 0 unspecified atom stereocenters. The fraction of sp³-hybridized carbons (Fsp3) is 0.235. The van der Waals surface area contributed by atoms with Crippen molar-refractivity contribution >= 4 is 103 Å². The van der Waals surface area contributed by atoms with Crippen molar-refractivity contribution in [1.29, 1.82) is 0 Å². The Labute approximate surface area is 341 Å². The smallest absolute Gasteiger partial charge is 0.277 e. The summed E-state index contributed by atoms with van der Waals surface area (Å²) in [4.78, 5) is 34.8. The zero-order chi connectivity index (χ0) is 40.1. The lowest BCUT2D eigenvalue weighted by molar-refractivity contribution is -0.0956. The summed E-state index contributed by atoms with van der Waals surface area (Å²) in [7, 11) is 0. The normalized spacial score (nSPS) is 13.1. The molecule has 1 saturated carbocycles. The highest BCUT2D eigenvalue weighted by molar-refractivity contribution is 14.1. The molecule has 20 heteroatoms. The summed E-state index contributed by atoms with van der Waals surface area (Å²) < 4.78 is 85.1. The lowest BCUT2D eigenvalue weighted by Crippen LogP contribution is -2.38. The van der Waals surface area contributed by atoms with Crippen LogP contribution in [0.15, 0.2) is 48.5 Å². The lowest BCUT2D eigenvalue weighted by Gasteiger charge is -2.22. The van der Waals surface area contributed by atoms with Crippen molar-refractivity contribution in [2.24, 2.45) is 0 Å². The maximum atomic E-state index is 14.3. The van der Waals surface area contributed by atoms with Crippen molar-refractivity contribution in [3.63, 3.8) is 0 Å². The first-order valence-corrected chi connectivity index (χ1v) is 18.2. The van der Waals surface area contributed by atoms with Crippen molar-refractivity contribution in [2.45, 2.75) is 37.9 Å². The molecule has 2 amide bonds. The molecule has 0 atom stereocenters. The van der Waals surface area contributed by atoms with E-state index in [1.807, 2.05) is 56.1 Å². The standard InChI is InChI=1S/C17H13ClF3IN2O3.C17H15ClF3IN2O3/c18-10-5-8(22)1-2-12(10)23-15-9(6-11(19)13(20)14(15)21)16(26)24-27-17(7-25)3-4-17;1-17(2,7-25)27-24-16(26)9-6-11(19)13(20)14(21)15(9)23-12-4-3-8(22)5-10(12)18/h1-2,5-6,23,25H,3-4,7H2,(H,24,26);3-6,23,25H,7H2,1-2H3,(H,24,26). The van der Waals surface area contributed by atoms with Gasteiger partial charge in [-0.05, 0) is 120 Å². The van der Waals surface area contributed by atoms with E-state index in [1.54, 1.807) is 24.3 Å². The third-order valence-electron chi connectivity index (χ3n) is 7.45. The Morgan fingerprint density at radius 3 is 1.54 bits per heavy atom. The number of anilines is 4. The van der Waals surface area contributed by atoms with Gasteiger partial charge in [0.05, 0.1) is 57.1 Å². The molecule has 4 aromatic rings. The minimum absolute atomic E-state index is 0.188. The van der Waals surface area contributed by atoms with Gasteiger partial charge in [-0.15, -0.1) is 0 Å². The van der Waals surface area contributed by atoms with Gasteiger partial charge < -0.3 is 20.8 Å². The minimum Gasteiger partial charge on any atom is -0.393 e. The first kappa shape index (κ1) is 43.6. The number of rotatable bonds is 12. The summed E-state index contributed by atoms with van der Waals surface area (Å²) >= 11 is 16.2. The second-order valence-corrected chi connectivity index (χ2v) is 15.4. The Kier molecular flexibility index (Phi) is 14.7. The van der Waals surface area contributed by atoms with E-state index in [-0.39, 0.29) is 28.0 Å². The quantitative estimate of drug-likeness (QED) is 0.0358. The van der Waals surface area contributed by atoms with Crippen LogP contribution in [0, 0.1) is 42.0 Å². The van der Waals surface area contributed by atoms with Gasteiger partial charge in [0.15, 0.2) is 34.9 Å². The molecule has 0 radical (unpaired) electrons. The van der Waals surface area contributed by atoms with Crippen LogP contribution in [-0.4, -0.2) is 46.4 Å². The van der Waals surface area contributed by atoms with Crippen molar-refractivity contribution in [2.75, 3.05) is 23.8 Å². The minimum atomic E-state index is -1.74. The van der Waals surface area contributed by atoms with Crippen LogP contribution in [0.3, 0.4) is 0 Å².